The molecule has 1 saturated carbocycles. The Balaban J connectivity index is 2.48. The predicted molar refractivity (Wildman–Crippen MR) is 60.1 cm³/mol. The molecule has 0 spiro atoms. The molecule has 0 aromatic carbocycles. The van der Waals surface area contributed by atoms with Crippen molar-refractivity contribution in [1.29, 1.82) is 0 Å². The lowest BCUT2D eigenvalue weighted by molar-refractivity contribution is -0.143. The lowest BCUT2D eigenvalue weighted by atomic mass is 9.89. The number of methoxy groups -OCH3 is 1. The first-order valence-corrected chi connectivity index (χ1v) is 5.86. The van der Waals surface area contributed by atoms with E-state index in [1.165, 1.54) is 39.2 Å². The van der Waals surface area contributed by atoms with Crippen LogP contribution in [0.1, 0.15) is 45.4 Å². The summed E-state index contributed by atoms with van der Waals surface area (Å²) in [4.78, 5) is 11.3. The van der Waals surface area contributed by atoms with E-state index in [2.05, 4.69) is 11.8 Å². The van der Waals surface area contributed by atoms with E-state index in [-0.39, 0.29) is 11.9 Å². The van der Waals surface area contributed by atoms with E-state index in [9.17, 15) is 4.79 Å². The van der Waals surface area contributed by atoms with Gasteiger partial charge in [0.05, 0.1) is 7.11 Å². The summed E-state index contributed by atoms with van der Waals surface area (Å²) >= 11 is 0. The molecule has 0 heterocycles. The molecular formula is C13H20O2. The van der Waals surface area contributed by atoms with E-state index >= 15 is 0 Å². The van der Waals surface area contributed by atoms with Gasteiger partial charge in [0, 0.05) is 5.92 Å². The zero-order valence-corrected chi connectivity index (χ0v) is 9.71. The van der Waals surface area contributed by atoms with Crippen LogP contribution in [-0.2, 0) is 9.53 Å². The highest BCUT2D eigenvalue weighted by Crippen LogP contribution is 2.22. The lowest BCUT2D eigenvalue weighted by Crippen LogP contribution is -2.14. The van der Waals surface area contributed by atoms with Gasteiger partial charge in [-0.3, -0.25) is 4.79 Å². The van der Waals surface area contributed by atoms with Gasteiger partial charge in [-0.25, -0.2) is 0 Å². The third-order valence-corrected chi connectivity index (χ3v) is 2.96. The molecule has 0 aliphatic heterocycles. The molecule has 1 aliphatic carbocycles. The molecule has 15 heavy (non-hydrogen) atoms. The molecule has 0 aromatic heterocycles. The van der Waals surface area contributed by atoms with Crippen molar-refractivity contribution in [2.24, 2.45) is 11.8 Å². The first kappa shape index (κ1) is 12.1. The van der Waals surface area contributed by atoms with Gasteiger partial charge >= 0.3 is 5.97 Å². The summed E-state index contributed by atoms with van der Waals surface area (Å²) in [5.74, 6) is 6.40. The minimum absolute atomic E-state index is 0.194. The second-order valence-electron chi connectivity index (χ2n) is 4.11. The maximum Gasteiger partial charge on any atom is 0.320 e. The van der Waals surface area contributed by atoms with Crippen LogP contribution < -0.4 is 0 Å². The summed E-state index contributed by atoms with van der Waals surface area (Å²) in [5, 5.41) is 0. The molecule has 2 heteroatoms. The third-order valence-electron chi connectivity index (χ3n) is 2.96. The van der Waals surface area contributed by atoms with Crippen LogP contribution in [0, 0.1) is 23.7 Å². The van der Waals surface area contributed by atoms with Crippen molar-refractivity contribution in [1.82, 2.24) is 0 Å². The van der Waals surface area contributed by atoms with Crippen LogP contribution in [0.2, 0.25) is 0 Å². The van der Waals surface area contributed by atoms with Crippen LogP contribution in [0.4, 0.5) is 0 Å². The highest BCUT2D eigenvalue weighted by molar-refractivity contribution is 5.75. The van der Waals surface area contributed by atoms with Crippen molar-refractivity contribution in [3.63, 3.8) is 0 Å². The average molecular weight is 208 g/mol. The van der Waals surface area contributed by atoms with Crippen molar-refractivity contribution in [2.75, 3.05) is 7.11 Å². The van der Waals surface area contributed by atoms with Crippen molar-refractivity contribution in [3.8, 4) is 11.8 Å². The zero-order valence-electron chi connectivity index (χ0n) is 9.71. The minimum Gasteiger partial charge on any atom is -0.468 e. The van der Waals surface area contributed by atoms with E-state index in [1.54, 1.807) is 0 Å². The number of ether oxygens (including phenoxy) is 1. The SMILES string of the molecule is CCC(C#CC1CCCCC1)C(=O)OC. The van der Waals surface area contributed by atoms with Gasteiger partial charge in [-0.15, -0.1) is 0 Å². The second kappa shape index (κ2) is 6.50. The van der Waals surface area contributed by atoms with Gasteiger partial charge in [0.1, 0.15) is 5.92 Å². The average Bonchev–Trinajstić information content (AvgIpc) is 2.31. The van der Waals surface area contributed by atoms with Crippen LogP contribution in [0.5, 0.6) is 0 Å². The van der Waals surface area contributed by atoms with Crippen LogP contribution in [0.15, 0.2) is 0 Å². The summed E-state index contributed by atoms with van der Waals surface area (Å²) in [5.41, 5.74) is 0. The molecule has 1 rings (SSSR count). The van der Waals surface area contributed by atoms with Gasteiger partial charge < -0.3 is 4.74 Å². The Bertz CT molecular complexity index is 253. The van der Waals surface area contributed by atoms with Gasteiger partial charge in [0.25, 0.3) is 0 Å². The summed E-state index contributed by atoms with van der Waals surface area (Å²) in [6.45, 7) is 1.97. The first-order valence-electron chi connectivity index (χ1n) is 5.86. The van der Waals surface area contributed by atoms with Gasteiger partial charge in [0.15, 0.2) is 0 Å². The molecule has 2 nitrogen and oxygen atoms in total. The molecule has 84 valence electrons. The molecule has 1 fully saturated rings. The standard InChI is InChI=1S/C13H20O2/c1-3-12(13(14)15-2)10-9-11-7-5-4-6-8-11/h11-12H,3-8H2,1-2H3. The maximum atomic E-state index is 11.3. The van der Waals surface area contributed by atoms with Crippen LogP contribution in [0.3, 0.4) is 0 Å². The lowest BCUT2D eigenvalue weighted by Gasteiger charge is -2.16. The van der Waals surface area contributed by atoms with Crippen LogP contribution >= 0.6 is 0 Å². The highest BCUT2D eigenvalue weighted by atomic mass is 16.5. The Morgan fingerprint density at radius 1 is 1.40 bits per heavy atom. The molecule has 1 aliphatic rings. The maximum absolute atomic E-state index is 11.3. The van der Waals surface area contributed by atoms with Crippen molar-refractivity contribution >= 4 is 5.97 Å². The molecule has 1 atom stereocenters. The summed E-state index contributed by atoms with van der Waals surface area (Å²) in [6, 6.07) is 0. The first-order chi connectivity index (χ1) is 7.27. The van der Waals surface area contributed by atoms with E-state index in [1.807, 2.05) is 6.92 Å². The topological polar surface area (TPSA) is 26.3 Å². The Morgan fingerprint density at radius 2 is 2.07 bits per heavy atom. The number of esters is 1. The van der Waals surface area contributed by atoms with Gasteiger partial charge in [-0.1, -0.05) is 38.0 Å². The zero-order chi connectivity index (χ0) is 11.1. The molecular weight excluding hydrogens is 188 g/mol. The Hall–Kier alpha value is -0.970. The largest absolute Gasteiger partial charge is 0.468 e. The number of hydrogen-bond donors (Lipinski definition) is 0. The molecule has 0 bridgehead atoms. The van der Waals surface area contributed by atoms with Crippen molar-refractivity contribution in [3.05, 3.63) is 0 Å². The van der Waals surface area contributed by atoms with E-state index in [0.29, 0.717) is 5.92 Å². The number of rotatable bonds is 2. The molecule has 0 aromatic rings. The Labute approximate surface area is 92.4 Å². The highest BCUT2D eigenvalue weighted by Gasteiger charge is 2.15. The quantitative estimate of drug-likeness (QED) is 0.515. The summed E-state index contributed by atoms with van der Waals surface area (Å²) < 4.78 is 4.70. The normalized spacial score (nSPS) is 18.8. The van der Waals surface area contributed by atoms with Gasteiger partial charge in [0.2, 0.25) is 0 Å². The van der Waals surface area contributed by atoms with Crippen LogP contribution in [-0.4, -0.2) is 13.1 Å². The molecule has 0 radical (unpaired) electrons. The molecule has 0 N–H and O–H groups in total. The van der Waals surface area contributed by atoms with Gasteiger partial charge in [-0.2, -0.15) is 0 Å². The van der Waals surface area contributed by atoms with Gasteiger partial charge in [-0.05, 0) is 19.3 Å². The van der Waals surface area contributed by atoms with E-state index in [4.69, 9.17) is 4.74 Å². The van der Waals surface area contributed by atoms with Crippen LogP contribution in [0.25, 0.3) is 0 Å². The number of carbonyl (C=O) groups is 1. The number of hydrogen-bond acceptors (Lipinski definition) is 2. The molecule has 1 unspecified atom stereocenters. The molecule has 0 saturated heterocycles. The van der Waals surface area contributed by atoms with E-state index < -0.39 is 0 Å². The minimum atomic E-state index is -0.225. The number of carbonyl (C=O) groups excluding carboxylic acids is 1. The fourth-order valence-electron chi connectivity index (χ4n) is 1.94. The summed E-state index contributed by atoms with van der Waals surface area (Å²) in [6.07, 6.45) is 7.05. The smallest absolute Gasteiger partial charge is 0.320 e. The van der Waals surface area contributed by atoms with Crippen molar-refractivity contribution < 1.29 is 9.53 Å². The fraction of sp³-hybridized carbons (Fsp3) is 0.769. The monoisotopic (exact) mass is 208 g/mol. The Morgan fingerprint density at radius 3 is 2.60 bits per heavy atom. The fourth-order valence-corrected chi connectivity index (χ4v) is 1.94. The second-order valence-corrected chi connectivity index (χ2v) is 4.11. The predicted octanol–water partition coefficient (Wildman–Crippen LogP) is 2.77. The van der Waals surface area contributed by atoms with Crippen molar-refractivity contribution in [2.45, 2.75) is 45.4 Å². The molecule has 0 amide bonds. The Kier molecular flexibility index (Phi) is 5.25. The van der Waals surface area contributed by atoms with E-state index in [0.717, 1.165) is 6.42 Å². The third kappa shape index (κ3) is 3.95. The summed E-state index contributed by atoms with van der Waals surface area (Å²) in [7, 11) is 1.42.